The van der Waals surface area contributed by atoms with Crippen LogP contribution in [0.5, 0.6) is 0 Å². The fraction of sp³-hybridized carbons (Fsp3) is 0.846. The Morgan fingerprint density at radius 3 is 1.88 bits per heavy atom. The summed E-state index contributed by atoms with van der Waals surface area (Å²) in [6.45, 7) is 2.21. The quantitative estimate of drug-likeness (QED) is 0.327. The van der Waals surface area contributed by atoms with Crippen LogP contribution in [0.4, 0.5) is 0 Å². The average Bonchev–Trinajstić information content (AvgIpc) is 2.31. The summed E-state index contributed by atoms with van der Waals surface area (Å²) < 4.78 is 4.35. The highest BCUT2D eigenvalue weighted by Crippen LogP contribution is 2.09. The lowest BCUT2D eigenvalue weighted by molar-refractivity contribution is -0.151. The first-order valence-corrected chi connectivity index (χ1v) is 6.33. The van der Waals surface area contributed by atoms with Crippen molar-refractivity contribution in [3.63, 3.8) is 0 Å². The summed E-state index contributed by atoms with van der Waals surface area (Å²) in [6, 6.07) is 0. The summed E-state index contributed by atoms with van der Waals surface area (Å²) in [6.07, 6.45) is 9.79. The minimum Gasteiger partial charge on any atom is -0.463 e. The van der Waals surface area contributed by atoms with E-state index in [9.17, 15) is 9.59 Å². The van der Waals surface area contributed by atoms with Crippen LogP contribution in [-0.4, -0.2) is 18.9 Å². The van der Waals surface area contributed by atoms with E-state index in [4.69, 9.17) is 0 Å². The zero-order chi connectivity index (χ0) is 12.2. The third-order valence-electron chi connectivity index (χ3n) is 2.67. The maximum atomic E-state index is 11.1. The molecule has 0 aromatic carbocycles. The molecule has 0 spiro atoms. The fourth-order valence-electron chi connectivity index (χ4n) is 1.64. The molecule has 0 unspecified atom stereocenters. The maximum absolute atomic E-state index is 11.1. The molecule has 0 aromatic heterocycles. The highest BCUT2D eigenvalue weighted by Gasteiger charge is 2.12. The van der Waals surface area contributed by atoms with E-state index < -0.39 is 11.8 Å². The van der Waals surface area contributed by atoms with Gasteiger partial charge in [-0.15, -0.1) is 0 Å². The van der Waals surface area contributed by atoms with Crippen LogP contribution in [0.15, 0.2) is 0 Å². The molecular weight excluding hydrogens is 204 g/mol. The number of esters is 1. The Morgan fingerprint density at radius 2 is 1.38 bits per heavy atom. The van der Waals surface area contributed by atoms with E-state index in [0.717, 1.165) is 19.3 Å². The van der Waals surface area contributed by atoms with Gasteiger partial charge in [-0.05, 0) is 6.42 Å². The van der Waals surface area contributed by atoms with Crippen molar-refractivity contribution in [3.8, 4) is 0 Å². The van der Waals surface area contributed by atoms with E-state index in [1.807, 2.05) is 0 Å². The molecule has 0 aliphatic heterocycles. The highest BCUT2D eigenvalue weighted by atomic mass is 16.5. The Labute approximate surface area is 98.6 Å². The predicted molar refractivity (Wildman–Crippen MR) is 64.3 cm³/mol. The van der Waals surface area contributed by atoms with E-state index in [2.05, 4.69) is 11.7 Å². The smallest absolute Gasteiger partial charge is 0.374 e. The van der Waals surface area contributed by atoms with Crippen molar-refractivity contribution in [1.29, 1.82) is 0 Å². The summed E-state index contributed by atoms with van der Waals surface area (Å²) >= 11 is 0. The third-order valence-corrected chi connectivity index (χ3v) is 2.67. The van der Waals surface area contributed by atoms with E-state index >= 15 is 0 Å². The highest BCUT2D eigenvalue weighted by molar-refractivity contribution is 6.33. The Bertz CT molecular complexity index is 199. The summed E-state index contributed by atoms with van der Waals surface area (Å²) in [5.41, 5.74) is 0. The second-order valence-electron chi connectivity index (χ2n) is 4.14. The molecule has 0 aromatic rings. The average molecular weight is 228 g/mol. The zero-order valence-corrected chi connectivity index (χ0v) is 10.6. The first kappa shape index (κ1) is 15.1. The Kier molecular flexibility index (Phi) is 10.1. The van der Waals surface area contributed by atoms with Gasteiger partial charge in [0.2, 0.25) is 5.78 Å². The number of carbonyl (C=O) groups is 2. The number of Topliss-reactive ketones (excluding diaryl/α,β-unsaturated/α-hetero) is 1. The van der Waals surface area contributed by atoms with Gasteiger partial charge < -0.3 is 4.74 Å². The summed E-state index contributed by atoms with van der Waals surface area (Å²) in [4.78, 5) is 21.9. The zero-order valence-electron chi connectivity index (χ0n) is 10.6. The van der Waals surface area contributed by atoms with Gasteiger partial charge in [0.25, 0.3) is 0 Å². The molecule has 0 radical (unpaired) electrons. The van der Waals surface area contributed by atoms with E-state index in [1.165, 1.54) is 39.2 Å². The van der Waals surface area contributed by atoms with Crippen molar-refractivity contribution in [2.24, 2.45) is 0 Å². The minimum absolute atomic E-state index is 0.335. The molecule has 0 aliphatic rings. The number of hydrogen-bond acceptors (Lipinski definition) is 3. The van der Waals surface area contributed by atoms with Crippen molar-refractivity contribution in [2.45, 2.75) is 64.7 Å². The predicted octanol–water partition coefficient (Wildman–Crippen LogP) is 3.26. The molecule has 0 saturated carbocycles. The number of unbranched alkanes of at least 4 members (excludes halogenated alkanes) is 7. The van der Waals surface area contributed by atoms with Gasteiger partial charge in [-0.1, -0.05) is 51.9 Å². The van der Waals surface area contributed by atoms with Gasteiger partial charge in [-0.3, -0.25) is 4.79 Å². The molecule has 0 saturated heterocycles. The van der Waals surface area contributed by atoms with Crippen LogP contribution >= 0.6 is 0 Å². The molecule has 0 atom stereocenters. The van der Waals surface area contributed by atoms with Crippen LogP contribution in [0.25, 0.3) is 0 Å². The Balaban J connectivity index is 3.21. The molecule has 16 heavy (non-hydrogen) atoms. The van der Waals surface area contributed by atoms with Gasteiger partial charge in [-0.2, -0.15) is 0 Å². The van der Waals surface area contributed by atoms with Crippen molar-refractivity contribution < 1.29 is 14.3 Å². The second-order valence-corrected chi connectivity index (χ2v) is 4.14. The molecule has 0 amide bonds. The standard InChI is InChI=1S/C13H24O3/c1-3-4-5-6-7-8-9-10-11-12(14)13(15)16-2/h3-11H2,1-2H3. The number of ether oxygens (including phenoxy) is 1. The molecule has 0 N–H and O–H groups in total. The first-order chi connectivity index (χ1) is 7.72. The van der Waals surface area contributed by atoms with Crippen molar-refractivity contribution >= 4 is 11.8 Å². The van der Waals surface area contributed by atoms with Crippen molar-refractivity contribution in [3.05, 3.63) is 0 Å². The van der Waals surface area contributed by atoms with Crippen LogP contribution in [0.2, 0.25) is 0 Å². The molecule has 3 nitrogen and oxygen atoms in total. The number of hydrogen-bond donors (Lipinski definition) is 0. The van der Waals surface area contributed by atoms with E-state index in [-0.39, 0.29) is 0 Å². The molecule has 0 rings (SSSR count). The topological polar surface area (TPSA) is 43.4 Å². The molecule has 3 heteroatoms. The first-order valence-electron chi connectivity index (χ1n) is 6.33. The van der Waals surface area contributed by atoms with Crippen LogP contribution in [0, 0.1) is 0 Å². The van der Waals surface area contributed by atoms with Crippen LogP contribution in [-0.2, 0) is 14.3 Å². The minimum atomic E-state index is -0.706. The lowest BCUT2D eigenvalue weighted by Crippen LogP contribution is -2.14. The summed E-state index contributed by atoms with van der Waals surface area (Å²) in [7, 11) is 1.24. The molecule has 0 heterocycles. The second kappa shape index (κ2) is 10.7. The van der Waals surface area contributed by atoms with Gasteiger partial charge in [0.05, 0.1) is 7.11 Å². The maximum Gasteiger partial charge on any atom is 0.374 e. The number of ketones is 1. The third kappa shape index (κ3) is 8.45. The number of methoxy groups -OCH3 is 1. The Morgan fingerprint density at radius 1 is 0.875 bits per heavy atom. The SMILES string of the molecule is CCCCCCCCCCC(=O)C(=O)OC. The molecule has 0 aliphatic carbocycles. The van der Waals surface area contributed by atoms with E-state index in [1.54, 1.807) is 0 Å². The largest absolute Gasteiger partial charge is 0.463 e. The normalized spacial score (nSPS) is 10.1. The van der Waals surface area contributed by atoms with Crippen molar-refractivity contribution in [1.82, 2.24) is 0 Å². The Hall–Kier alpha value is -0.860. The lowest BCUT2D eigenvalue weighted by Gasteiger charge is -2.01. The number of rotatable bonds is 10. The van der Waals surface area contributed by atoms with Gasteiger partial charge in [0.15, 0.2) is 0 Å². The summed E-state index contributed by atoms with van der Waals surface area (Å²) in [5.74, 6) is -1.10. The number of carbonyl (C=O) groups excluding carboxylic acids is 2. The van der Waals surface area contributed by atoms with E-state index in [0.29, 0.717) is 6.42 Å². The van der Waals surface area contributed by atoms with Gasteiger partial charge >= 0.3 is 5.97 Å². The van der Waals surface area contributed by atoms with Crippen LogP contribution < -0.4 is 0 Å². The van der Waals surface area contributed by atoms with Crippen molar-refractivity contribution in [2.75, 3.05) is 7.11 Å². The molecular formula is C13H24O3. The lowest BCUT2D eigenvalue weighted by atomic mass is 10.1. The monoisotopic (exact) mass is 228 g/mol. The van der Waals surface area contributed by atoms with Crippen LogP contribution in [0.3, 0.4) is 0 Å². The van der Waals surface area contributed by atoms with Crippen LogP contribution in [0.1, 0.15) is 64.7 Å². The van der Waals surface area contributed by atoms with Gasteiger partial charge in [-0.25, -0.2) is 4.79 Å². The molecule has 0 fully saturated rings. The molecule has 0 bridgehead atoms. The van der Waals surface area contributed by atoms with Gasteiger partial charge in [0, 0.05) is 6.42 Å². The molecule has 94 valence electrons. The summed E-state index contributed by atoms with van der Waals surface area (Å²) in [5, 5.41) is 0. The van der Waals surface area contributed by atoms with Gasteiger partial charge in [0.1, 0.15) is 0 Å². The fourth-order valence-corrected chi connectivity index (χ4v) is 1.64.